The van der Waals surface area contributed by atoms with Crippen molar-refractivity contribution in [3.8, 4) is 11.1 Å². The van der Waals surface area contributed by atoms with Gasteiger partial charge in [-0.1, -0.05) is 41.9 Å². The van der Waals surface area contributed by atoms with Crippen LogP contribution in [0, 0.1) is 19.7 Å². The highest BCUT2D eigenvalue weighted by molar-refractivity contribution is 6.37. The van der Waals surface area contributed by atoms with Crippen molar-refractivity contribution >= 4 is 56.9 Å². The van der Waals surface area contributed by atoms with Crippen LogP contribution in [0.25, 0.3) is 32.9 Å². The van der Waals surface area contributed by atoms with Gasteiger partial charge in [0.1, 0.15) is 5.82 Å². The molecule has 0 spiro atoms. The Kier molecular flexibility index (Phi) is 7.50. The molecule has 1 aromatic heterocycles. The van der Waals surface area contributed by atoms with Crippen LogP contribution in [-0.4, -0.2) is 35.0 Å². The number of hydrogen-bond donors (Lipinski definition) is 4. The molecular formula is C33H30ClFN4O4. The molecule has 0 atom stereocenters. The van der Waals surface area contributed by atoms with Crippen molar-refractivity contribution in [1.29, 1.82) is 0 Å². The van der Waals surface area contributed by atoms with Crippen LogP contribution in [0.5, 0.6) is 0 Å². The maximum Gasteiger partial charge on any atom is 0.328 e. The van der Waals surface area contributed by atoms with Crippen molar-refractivity contribution in [2.45, 2.75) is 33.3 Å². The quantitative estimate of drug-likeness (QED) is 0.179. The van der Waals surface area contributed by atoms with E-state index < -0.39 is 29.3 Å². The van der Waals surface area contributed by atoms with Crippen molar-refractivity contribution < 1.29 is 23.9 Å². The largest absolute Gasteiger partial charge is 0.386 e. The molecule has 1 heterocycles. The lowest BCUT2D eigenvalue weighted by Gasteiger charge is -2.25. The van der Waals surface area contributed by atoms with Crippen LogP contribution in [0.2, 0.25) is 5.02 Å². The van der Waals surface area contributed by atoms with Gasteiger partial charge >= 0.3 is 6.03 Å². The van der Waals surface area contributed by atoms with E-state index in [0.717, 1.165) is 10.3 Å². The van der Waals surface area contributed by atoms with Crippen molar-refractivity contribution in [3.05, 3.63) is 99.3 Å². The monoisotopic (exact) mass is 600 g/mol. The molecule has 0 radical (unpaired) electrons. The summed E-state index contributed by atoms with van der Waals surface area (Å²) in [5.74, 6) is -1.95. The van der Waals surface area contributed by atoms with Gasteiger partial charge in [0.2, 0.25) is 0 Å². The molecule has 0 saturated carbocycles. The van der Waals surface area contributed by atoms with E-state index in [1.165, 1.54) is 38.2 Å². The molecule has 220 valence electrons. The highest BCUT2D eigenvalue weighted by Crippen LogP contribution is 2.44. The first-order chi connectivity index (χ1) is 20.3. The Labute approximate surface area is 252 Å². The number of halogens is 2. The van der Waals surface area contributed by atoms with Crippen LogP contribution in [0.15, 0.2) is 60.7 Å². The Hall–Kier alpha value is -4.73. The van der Waals surface area contributed by atoms with E-state index >= 15 is 0 Å². The summed E-state index contributed by atoms with van der Waals surface area (Å²) in [5, 5.41) is 14.7. The average molecular weight is 601 g/mol. The molecule has 8 nitrogen and oxygen atoms in total. The van der Waals surface area contributed by atoms with Crippen LogP contribution in [-0.2, 0) is 5.60 Å². The van der Waals surface area contributed by atoms with Crippen molar-refractivity contribution in [2.75, 3.05) is 11.9 Å². The minimum Gasteiger partial charge on any atom is -0.386 e. The van der Waals surface area contributed by atoms with E-state index in [2.05, 4.69) is 10.3 Å². The van der Waals surface area contributed by atoms with Gasteiger partial charge in [-0.3, -0.25) is 9.59 Å². The number of aromatic amines is 1. The first-order valence-electron chi connectivity index (χ1n) is 13.5. The maximum absolute atomic E-state index is 14.4. The fraction of sp³-hybridized carbons (Fsp3) is 0.182. The Morgan fingerprint density at radius 3 is 2.35 bits per heavy atom. The number of nitrogens with one attached hydrogen (secondary N) is 2. The first-order valence-corrected chi connectivity index (χ1v) is 13.9. The van der Waals surface area contributed by atoms with Crippen molar-refractivity contribution in [2.24, 2.45) is 5.73 Å². The third kappa shape index (κ3) is 5.00. The Bertz CT molecular complexity index is 1980. The number of fused-ring (bicyclic) bond motifs is 3. The van der Waals surface area contributed by atoms with Crippen LogP contribution in [0.3, 0.4) is 0 Å². The van der Waals surface area contributed by atoms with Crippen LogP contribution in [0.4, 0.5) is 14.9 Å². The zero-order valence-corrected chi connectivity index (χ0v) is 25.0. The second-order valence-electron chi connectivity index (χ2n) is 10.9. The van der Waals surface area contributed by atoms with E-state index in [9.17, 15) is 23.9 Å². The number of benzene rings is 4. The average Bonchev–Trinajstić information content (AvgIpc) is 3.33. The number of amides is 4. The van der Waals surface area contributed by atoms with E-state index in [1.54, 1.807) is 51.1 Å². The lowest BCUT2D eigenvalue weighted by Crippen LogP contribution is -2.43. The summed E-state index contributed by atoms with van der Waals surface area (Å²) in [4.78, 5) is 43.7. The molecule has 0 bridgehead atoms. The van der Waals surface area contributed by atoms with Gasteiger partial charge in [0, 0.05) is 39.5 Å². The minimum absolute atomic E-state index is 0.0406. The smallest absolute Gasteiger partial charge is 0.328 e. The highest BCUT2D eigenvalue weighted by Gasteiger charge is 2.29. The number of H-pyrrole nitrogens is 1. The topological polar surface area (TPSA) is 129 Å². The molecular weight excluding hydrogens is 571 g/mol. The van der Waals surface area contributed by atoms with Gasteiger partial charge < -0.3 is 21.1 Å². The molecule has 0 aliphatic rings. The SMILES string of the molecule is CNC(=O)N(C(=O)c1cccc(F)c1C)c1cccc(-c2c(Cl)cc(C(N)=O)c3[nH]c4cc(C(C)(C)O)ccc4c23)c1C. The van der Waals surface area contributed by atoms with Gasteiger partial charge in [-0.15, -0.1) is 0 Å². The molecule has 0 aliphatic heterocycles. The molecule has 0 unspecified atom stereocenters. The zero-order chi connectivity index (χ0) is 31.4. The predicted octanol–water partition coefficient (Wildman–Crippen LogP) is 6.71. The Balaban J connectivity index is 1.80. The van der Waals surface area contributed by atoms with Gasteiger partial charge in [0.25, 0.3) is 11.8 Å². The molecule has 0 aliphatic carbocycles. The normalized spacial score (nSPS) is 11.6. The number of aromatic nitrogens is 1. The van der Waals surface area contributed by atoms with Gasteiger partial charge in [-0.05, 0) is 80.3 Å². The van der Waals surface area contributed by atoms with E-state index in [1.807, 2.05) is 6.07 Å². The van der Waals surface area contributed by atoms with Crippen LogP contribution >= 0.6 is 11.6 Å². The molecule has 5 aromatic rings. The summed E-state index contributed by atoms with van der Waals surface area (Å²) in [6, 6.07) is 15.4. The fourth-order valence-electron chi connectivity index (χ4n) is 5.41. The number of nitrogens with zero attached hydrogens (tertiary/aromatic N) is 1. The second kappa shape index (κ2) is 10.8. The molecule has 43 heavy (non-hydrogen) atoms. The highest BCUT2D eigenvalue weighted by atomic mass is 35.5. The number of urea groups is 1. The summed E-state index contributed by atoms with van der Waals surface area (Å²) in [6.45, 7) is 6.57. The second-order valence-corrected chi connectivity index (χ2v) is 11.3. The summed E-state index contributed by atoms with van der Waals surface area (Å²) in [7, 11) is 1.40. The minimum atomic E-state index is -1.11. The third-order valence-electron chi connectivity index (χ3n) is 7.73. The number of imide groups is 1. The van der Waals surface area contributed by atoms with Gasteiger partial charge in [0.05, 0.1) is 22.4 Å². The van der Waals surface area contributed by atoms with Crippen molar-refractivity contribution in [1.82, 2.24) is 10.3 Å². The number of hydrogen-bond acceptors (Lipinski definition) is 4. The first kappa shape index (κ1) is 29.8. The summed E-state index contributed by atoms with van der Waals surface area (Å²) in [5.41, 5.74) is 8.67. The summed E-state index contributed by atoms with van der Waals surface area (Å²) >= 11 is 6.88. The van der Waals surface area contributed by atoms with Gasteiger partial charge in [-0.25, -0.2) is 14.1 Å². The third-order valence-corrected chi connectivity index (χ3v) is 8.03. The molecule has 4 amide bonds. The Morgan fingerprint density at radius 2 is 1.70 bits per heavy atom. The molecule has 0 fully saturated rings. The van der Waals surface area contributed by atoms with E-state index in [0.29, 0.717) is 38.7 Å². The maximum atomic E-state index is 14.4. The Morgan fingerprint density at radius 1 is 1.00 bits per heavy atom. The lowest BCUT2D eigenvalue weighted by molar-refractivity contribution is 0.0787. The van der Waals surface area contributed by atoms with Crippen molar-refractivity contribution in [3.63, 3.8) is 0 Å². The van der Waals surface area contributed by atoms with Gasteiger partial charge in [0.15, 0.2) is 0 Å². The zero-order valence-electron chi connectivity index (χ0n) is 24.2. The summed E-state index contributed by atoms with van der Waals surface area (Å²) in [6.07, 6.45) is 0. The van der Waals surface area contributed by atoms with Gasteiger partial charge in [-0.2, -0.15) is 0 Å². The van der Waals surface area contributed by atoms with Crippen LogP contribution in [0.1, 0.15) is 51.3 Å². The predicted molar refractivity (Wildman–Crippen MR) is 167 cm³/mol. The molecule has 5 rings (SSSR count). The number of carbonyl (C=O) groups excluding carboxylic acids is 3. The number of primary amides is 1. The number of carbonyl (C=O) groups is 3. The summed E-state index contributed by atoms with van der Waals surface area (Å²) < 4.78 is 14.4. The van der Waals surface area contributed by atoms with Crippen LogP contribution < -0.4 is 16.0 Å². The fourth-order valence-corrected chi connectivity index (χ4v) is 5.71. The van der Waals surface area contributed by atoms with E-state index in [4.69, 9.17) is 17.3 Å². The molecule has 10 heteroatoms. The lowest BCUT2D eigenvalue weighted by atomic mass is 9.92. The number of aliphatic hydroxyl groups is 1. The molecule has 4 aromatic carbocycles. The number of anilines is 1. The molecule has 0 saturated heterocycles. The van der Waals surface area contributed by atoms with E-state index in [-0.39, 0.29) is 27.4 Å². The standard InChI is InChI=1S/C33H30ClFN4O4/c1-16-20(9-6-10-24(16)35)31(41)39(32(42)37-5)26-11-7-8-19(17(26)2)27-23(34)15-22(30(36)40)29-28(27)21-13-12-18(33(3,4)43)14-25(21)38-29/h6-15,38,43H,1-5H3,(H2,36,40)(H,37,42). The number of rotatable bonds is 5. The number of nitrogens with two attached hydrogens (primary N) is 1. The molecule has 5 N–H and O–H groups in total.